The number of pyridine rings is 2. The molecule has 4 aromatic carbocycles. The van der Waals surface area contributed by atoms with Crippen LogP contribution in [0.4, 0.5) is 17.6 Å². The van der Waals surface area contributed by atoms with Crippen molar-refractivity contribution in [3.05, 3.63) is 178 Å². The summed E-state index contributed by atoms with van der Waals surface area (Å²) in [7, 11) is 2.63. The van der Waals surface area contributed by atoms with Gasteiger partial charge in [0, 0.05) is 42.5 Å². The van der Waals surface area contributed by atoms with Crippen LogP contribution in [0.25, 0.3) is 27.7 Å². The Hall–Kier alpha value is -6.07. The highest BCUT2D eigenvalue weighted by Crippen LogP contribution is 2.42. The minimum atomic E-state index is -5.01. The number of alkyl halides is 3. The van der Waals surface area contributed by atoms with Gasteiger partial charge in [-0.25, -0.2) is 9.37 Å². The van der Waals surface area contributed by atoms with Crippen LogP contribution in [-0.2, 0) is 34.7 Å². The summed E-state index contributed by atoms with van der Waals surface area (Å²) in [5.74, 6) is -1.45. The average molecular weight is 705 g/mol. The van der Waals surface area contributed by atoms with E-state index >= 15 is 0 Å². The number of aromatic nitrogens is 3. The Bertz CT molecular complexity index is 2370. The Balaban J connectivity index is 1.40. The number of benzene rings is 4. The van der Waals surface area contributed by atoms with Crippen molar-refractivity contribution >= 4 is 22.5 Å². The van der Waals surface area contributed by atoms with E-state index in [1.807, 2.05) is 91.0 Å². The van der Waals surface area contributed by atoms with Crippen LogP contribution >= 0.6 is 0 Å². The highest BCUT2D eigenvalue weighted by atomic mass is 19.4. The summed E-state index contributed by atoms with van der Waals surface area (Å²) in [6.07, 6.45) is -2.03. The number of rotatable bonds is 9. The van der Waals surface area contributed by atoms with Gasteiger partial charge in [-0.2, -0.15) is 13.2 Å². The number of imidazole rings is 1. The third-order valence-corrected chi connectivity index (χ3v) is 9.45. The van der Waals surface area contributed by atoms with Crippen LogP contribution in [0.15, 0.2) is 139 Å². The van der Waals surface area contributed by atoms with Gasteiger partial charge in [-0.05, 0) is 47.0 Å². The van der Waals surface area contributed by atoms with Gasteiger partial charge in [-0.15, -0.1) is 0 Å². The number of nitrogens with one attached hydrogen (secondary N) is 1. The summed E-state index contributed by atoms with van der Waals surface area (Å²) >= 11 is 0. The molecule has 0 saturated carbocycles. The number of hydrogen-bond acceptors (Lipinski definition) is 5. The zero-order chi connectivity index (χ0) is 36.6. The van der Waals surface area contributed by atoms with Crippen molar-refractivity contribution in [1.29, 1.82) is 0 Å². The van der Waals surface area contributed by atoms with Crippen LogP contribution in [-0.4, -0.2) is 33.1 Å². The maximum atomic E-state index is 14.8. The number of carbonyl (C=O) groups is 1. The third-order valence-electron chi connectivity index (χ3n) is 9.45. The van der Waals surface area contributed by atoms with E-state index in [1.165, 1.54) is 26.4 Å². The first kappa shape index (κ1) is 34.4. The zero-order valence-corrected chi connectivity index (χ0v) is 28.1. The maximum absolute atomic E-state index is 14.8. The molecular formula is C41H32F4N4O3. The second-order valence-electron chi connectivity index (χ2n) is 12.4. The molecule has 0 saturated heterocycles. The number of fused-ring (bicyclic) bond motifs is 2. The lowest BCUT2D eigenvalue weighted by Crippen LogP contribution is -2.53. The zero-order valence-electron chi connectivity index (χ0n) is 28.1. The molecular weight excluding hydrogens is 672 g/mol. The van der Waals surface area contributed by atoms with Crippen molar-refractivity contribution in [2.45, 2.75) is 24.2 Å². The van der Waals surface area contributed by atoms with E-state index in [-0.39, 0.29) is 23.1 Å². The topological polar surface area (TPSA) is 77.6 Å². The Kier molecular flexibility index (Phi) is 8.97. The lowest BCUT2D eigenvalue weighted by molar-refractivity contribution is -0.143. The fraction of sp³-hybridized carbons (Fsp3) is 0.146. The lowest BCUT2D eigenvalue weighted by Gasteiger charge is -2.39. The molecule has 52 heavy (non-hydrogen) atoms. The number of esters is 1. The summed E-state index contributed by atoms with van der Waals surface area (Å²) in [4.78, 5) is 31.8. The van der Waals surface area contributed by atoms with E-state index in [0.717, 1.165) is 39.5 Å². The van der Waals surface area contributed by atoms with Crippen molar-refractivity contribution < 1.29 is 27.1 Å². The molecule has 0 aliphatic heterocycles. The Morgan fingerprint density at radius 1 is 0.846 bits per heavy atom. The van der Waals surface area contributed by atoms with Crippen LogP contribution in [0.3, 0.4) is 0 Å². The lowest BCUT2D eigenvalue weighted by atomic mass is 9.76. The molecule has 0 aliphatic carbocycles. The van der Waals surface area contributed by atoms with Crippen LogP contribution in [0.1, 0.15) is 27.9 Å². The van der Waals surface area contributed by atoms with Crippen molar-refractivity contribution in [1.82, 2.24) is 19.3 Å². The molecule has 0 fully saturated rings. The Morgan fingerprint density at radius 3 is 1.96 bits per heavy atom. The van der Waals surface area contributed by atoms with Crippen molar-refractivity contribution in [2.75, 3.05) is 7.11 Å². The number of ether oxygens (including phenoxy) is 1. The van der Waals surface area contributed by atoms with E-state index in [2.05, 4.69) is 10.3 Å². The van der Waals surface area contributed by atoms with E-state index in [9.17, 15) is 27.2 Å². The number of aryl methyl sites for hydroxylation is 1. The molecule has 0 spiro atoms. The number of hydrogen-bond donors (Lipinski definition) is 1. The summed E-state index contributed by atoms with van der Waals surface area (Å²) in [6, 6.07) is 33.9. The largest absolute Gasteiger partial charge is 0.468 e. The molecule has 7 nitrogen and oxygen atoms in total. The van der Waals surface area contributed by atoms with Crippen LogP contribution in [0, 0.1) is 5.82 Å². The normalized spacial score (nSPS) is 12.7. The van der Waals surface area contributed by atoms with Gasteiger partial charge in [0.05, 0.1) is 29.3 Å². The number of methoxy groups -OCH3 is 1. The summed E-state index contributed by atoms with van der Waals surface area (Å²) in [5, 5.41) is 3.19. The molecule has 0 unspecified atom stereocenters. The number of halogens is 4. The number of carbonyl (C=O) groups excluding carboxylic acids is 1. The molecule has 7 rings (SSSR count). The molecule has 3 aromatic heterocycles. The standard InChI is InChI=1S/C41H32F4N4O3/c1-48-34-21-18-29(42)24-32(34)36(41(43,44)45)35(38(48)50)31-20-19-30(49-23-22-46-37(31)49)25-33(39(51)52-2)47-40(26-12-6-3-7-13-26,27-14-8-4-9-15-27)28-16-10-5-11-17-28/h3-24,33,47H,25H2,1-2H3/t33-/m0/s1. The summed E-state index contributed by atoms with van der Waals surface area (Å²) in [6.45, 7) is 0. The number of nitrogens with zero attached hydrogens (tertiary/aromatic N) is 3. The summed E-state index contributed by atoms with van der Waals surface area (Å²) < 4.78 is 66.8. The van der Waals surface area contributed by atoms with Gasteiger partial charge in [0.25, 0.3) is 5.56 Å². The first-order valence-electron chi connectivity index (χ1n) is 16.4. The molecule has 3 heterocycles. The SMILES string of the molecule is COC(=O)[C@H](Cc1ccc(-c2c(C(F)(F)F)c3cc(F)ccc3n(C)c2=O)c2nccn12)NC(c1ccccc1)(c1ccccc1)c1ccccc1. The quantitative estimate of drug-likeness (QED) is 0.0949. The molecule has 0 aliphatic rings. The molecule has 1 atom stereocenters. The van der Waals surface area contributed by atoms with Crippen molar-refractivity contribution in [3.8, 4) is 11.1 Å². The second kappa shape index (κ2) is 13.6. The van der Waals surface area contributed by atoms with Gasteiger partial charge >= 0.3 is 12.1 Å². The van der Waals surface area contributed by atoms with Crippen LogP contribution < -0.4 is 10.9 Å². The predicted octanol–water partition coefficient (Wildman–Crippen LogP) is 7.68. The molecule has 7 aromatic rings. The van der Waals surface area contributed by atoms with Crippen molar-refractivity contribution in [3.63, 3.8) is 0 Å². The first-order chi connectivity index (χ1) is 25.0. The highest BCUT2D eigenvalue weighted by Gasteiger charge is 2.41. The maximum Gasteiger partial charge on any atom is 0.417 e. The monoisotopic (exact) mass is 704 g/mol. The van der Waals surface area contributed by atoms with E-state index in [4.69, 9.17) is 4.74 Å². The van der Waals surface area contributed by atoms with E-state index in [1.54, 1.807) is 16.7 Å². The van der Waals surface area contributed by atoms with Gasteiger partial charge in [-0.1, -0.05) is 91.0 Å². The van der Waals surface area contributed by atoms with Crippen molar-refractivity contribution in [2.24, 2.45) is 7.05 Å². The average Bonchev–Trinajstić information content (AvgIpc) is 3.66. The minimum Gasteiger partial charge on any atom is -0.468 e. The first-order valence-corrected chi connectivity index (χ1v) is 16.4. The Morgan fingerprint density at radius 2 is 1.42 bits per heavy atom. The van der Waals surface area contributed by atoms with Crippen LogP contribution in [0.2, 0.25) is 0 Å². The van der Waals surface area contributed by atoms with Gasteiger partial charge in [0.15, 0.2) is 0 Å². The molecule has 262 valence electrons. The molecule has 1 N–H and O–H groups in total. The minimum absolute atomic E-state index is 0.0150. The van der Waals surface area contributed by atoms with Gasteiger partial charge < -0.3 is 13.7 Å². The smallest absolute Gasteiger partial charge is 0.417 e. The molecule has 0 bridgehead atoms. The fourth-order valence-corrected chi connectivity index (χ4v) is 7.11. The van der Waals surface area contributed by atoms with E-state index < -0.39 is 51.6 Å². The Labute approximate surface area is 295 Å². The highest BCUT2D eigenvalue weighted by molar-refractivity contribution is 5.92. The fourth-order valence-electron chi connectivity index (χ4n) is 7.11. The molecule has 0 amide bonds. The third kappa shape index (κ3) is 5.92. The van der Waals surface area contributed by atoms with Crippen LogP contribution in [0.5, 0.6) is 0 Å². The van der Waals surface area contributed by atoms with Gasteiger partial charge in [-0.3, -0.25) is 14.9 Å². The molecule has 0 radical (unpaired) electrons. The second-order valence-corrected chi connectivity index (χ2v) is 12.4. The predicted molar refractivity (Wildman–Crippen MR) is 190 cm³/mol. The molecule has 11 heteroatoms. The summed E-state index contributed by atoms with van der Waals surface area (Å²) in [5.41, 5.74) is -0.925. The van der Waals surface area contributed by atoms with E-state index in [0.29, 0.717) is 5.69 Å². The van der Waals surface area contributed by atoms with Gasteiger partial charge in [0.2, 0.25) is 0 Å². The van der Waals surface area contributed by atoms with Gasteiger partial charge in [0.1, 0.15) is 17.5 Å².